The van der Waals surface area contributed by atoms with E-state index in [1.807, 2.05) is 13.0 Å². The van der Waals surface area contributed by atoms with Crippen molar-refractivity contribution in [1.29, 1.82) is 5.26 Å². The molecule has 14 heavy (non-hydrogen) atoms. The van der Waals surface area contributed by atoms with E-state index in [2.05, 4.69) is 0 Å². The Bertz CT molecular complexity index is 241. The molecule has 80 valence electrons. The van der Waals surface area contributed by atoms with Crippen molar-refractivity contribution in [1.82, 2.24) is 0 Å². The molecule has 0 saturated heterocycles. The minimum absolute atomic E-state index is 0.241. The lowest BCUT2D eigenvalue weighted by atomic mass is 9.69. The fourth-order valence-corrected chi connectivity index (χ4v) is 2.35. The Morgan fingerprint density at radius 1 is 1.50 bits per heavy atom. The highest BCUT2D eigenvalue weighted by Crippen LogP contribution is 2.45. The molecule has 0 bridgehead atoms. The van der Waals surface area contributed by atoms with Crippen LogP contribution in [0.2, 0.25) is 0 Å². The molecule has 1 aliphatic rings. The van der Waals surface area contributed by atoms with Crippen LogP contribution in [0.15, 0.2) is 0 Å². The summed E-state index contributed by atoms with van der Waals surface area (Å²) >= 11 is 0. The van der Waals surface area contributed by atoms with Crippen molar-refractivity contribution in [3.05, 3.63) is 0 Å². The topological polar surface area (TPSA) is 23.8 Å². The lowest BCUT2D eigenvalue weighted by Crippen LogP contribution is -2.31. The van der Waals surface area contributed by atoms with Crippen LogP contribution in [0.4, 0.5) is 13.2 Å². The van der Waals surface area contributed by atoms with E-state index in [1.165, 1.54) is 0 Å². The van der Waals surface area contributed by atoms with Gasteiger partial charge in [-0.3, -0.25) is 0 Å². The van der Waals surface area contributed by atoms with Gasteiger partial charge in [-0.15, -0.1) is 0 Å². The van der Waals surface area contributed by atoms with E-state index in [9.17, 15) is 13.2 Å². The van der Waals surface area contributed by atoms with Crippen LogP contribution in [0, 0.1) is 22.7 Å². The molecule has 0 aromatic heterocycles. The molecule has 4 heteroatoms. The smallest absolute Gasteiger partial charge is 0.198 e. The monoisotopic (exact) mass is 205 g/mol. The second-order valence-electron chi connectivity index (χ2n) is 4.39. The number of nitrogens with zero attached hydrogens (tertiary/aromatic N) is 1. The largest absolute Gasteiger partial charge is 0.390 e. The summed E-state index contributed by atoms with van der Waals surface area (Å²) in [5.41, 5.74) is -1.14. The Labute approximate surface area is 81.9 Å². The van der Waals surface area contributed by atoms with E-state index in [0.717, 1.165) is 12.8 Å². The number of alkyl halides is 3. The van der Waals surface area contributed by atoms with Crippen molar-refractivity contribution in [2.24, 2.45) is 11.3 Å². The van der Waals surface area contributed by atoms with Crippen LogP contribution in [0.3, 0.4) is 0 Å². The fraction of sp³-hybridized carbons (Fsp3) is 0.900. The maximum atomic E-state index is 12.2. The predicted molar refractivity (Wildman–Crippen MR) is 46.4 cm³/mol. The van der Waals surface area contributed by atoms with Gasteiger partial charge in [-0.2, -0.15) is 18.4 Å². The minimum atomic E-state index is -4.22. The summed E-state index contributed by atoms with van der Waals surface area (Å²) in [5.74, 6) is 0.241. The van der Waals surface area contributed by atoms with Crippen molar-refractivity contribution in [3.8, 4) is 6.07 Å². The van der Waals surface area contributed by atoms with Crippen LogP contribution in [0.25, 0.3) is 0 Å². The molecule has 0 radical (unpaired) electrons. The molecule has 0 spiro atoms. The van der Waals surface area contributed by atoms with E-state index in [4.69, 9.17) is 5.26 Å². The average molecular weight is 205 g/mol. The first kappa shape index (κ1) is 11.4. The summed E-state index contributed by atoms with van der Waals surface area (Å²) in [6.45, 7) is 1.92. The Morgan fingerprint density at radius 3 is 2.57 bits per heavy atom. The van der Waals surface area contributed by atoms with Crippen LogP contribution < -0.4 is 0 Å². The van der Waals surface area contributed by atoms with Gasteiger partial charge in [-0.05, 0) is 18.8 Å². The molecule has 0 aliphatic heterocycles. The Kier molecular flexibility index (Phi) is 3.08. The molecule has 0 heterocycles. The average Bonchev–Trinajstić information content (AvgIpc) is 2.01. The van der Waals surface area contributed by atoms with Gasteiger partial charge in [0.1, 0.15) is 0 Å². The van der Waals surface area contributed by atoms with Gasteiger partial charge >= 0.3 is 6.18 Å². The maximum absolute atomic E-state index is 12.2. The van der Waals surface area contributed by atoms with Crippen molar-refractivity contribution in [3.63, 3.8) is 0 Å². The highest BCUT2D eigenvalue weighted by molar-refractivity contribution is 5.02. The van der Waals surface area contributed by atoms with Crippen molar-refractivity contribution >= 4 is 0 Å². The van der Waals surface area contributed by atoms with Crippen LogP contribution in [0.1, 0.15) is 39.0 Å². The number of hydrogen-bond acceptors (Lipinski definition) is 1. The van der Waals surface area contributed by atoms with E-state index in [-0.39, 0.29) is 5.92 Å². The van der Waals surface area contributed by atoms with Gasteiger partial charge in [0.2, 0.25) is 0 Å². The number of rotatable bonds is 1. The molecule has 1 fully saturated rings. The second kappa shape index (κ2) is 3.80. The molecular formula is C10H14F3N. The van der Waals surface area contributed by atoms with Gasteiger partial charge in [-0.1, -0.05) is 19.8 Å². The molecule has 1 aliphatic carbocycles. The third kappa shape index (κ3) is 2.90. The first-order valence-corrected chi connectivity index (χ1v) is 4.85. The number of halogens is 3. The third-order valence-corrected chi connectivity index (χ3v) is 2.87. The zero-order valence-electron chi connectivity index (χ0n) is 8.19. The highest BCUT2D eigenvalue weighted by Gasteiger charge is 2.44. The van der Waals surface area contributed by atoms with Crippen molar-refractivity contribution < 1.29 is 13.2 Å². The number of hydrogen-bond donors (Lipinski definition) is 0. The summed E-state index contributed by atoms with van der Waals surface area (Å²) in [7, 11) is 0. The summed E-state index contributed by atoms with van der Waals surface area (Å²) in [5, 5.41) is 8.87. The molecule has 0 aromatic carbocycles. The summed E-state index contributed by atoms with van der Waals surface area (Å²) in [6, 6.07) is 1.88. The van der Waals surface area contributed by atoms with E-state index in [1.54, 1.807) is 0 Å². The molecule has 0 N–H and O–H groups in total. The zero-order chi connectivity index (χ0) is 10.8. The van der Waals surface area contributed by atoms with Crippen LogP contribution in [-0.4, -0.2) is 6.18 Å². The Morgan fingerprint density at radius 2 is 2.14 bits per heavy atom. The van der Waals surface area contributed by atoms with E-state index >= 15 is 0 Å². The van der Waals surface area contributed by atoms with Crippen molar-refractivity contribution in [2.45, 2.75) is 45.2 Å². The molecule has 2 atom stereocenters. The van der Waals surface area contributed by atoms with Gasteiger partial charge in [0, 0.05) is 0 Å². The van der Waals surface area contributed by atoms with E-state index < -0.39 is 18.0 Å². The molecule has 0 amide bonds. The molecular weight excluding hydrogens is 191 g/mol. The van der Waals surface area contributed by atoms with Crippen LogP contribution >= 0.6 is 0 Å². The molecule has 1 rings (SSSR count). The first-order valence-electron chi connectivity index (χ1n) is 4.85. The molecule has 2 unspecified atom stereocenters. The highest BCUT2D eigenvalue weighted by atomic mass is 19.4. The van der Waals surface area contributed by atoms with Gasteiger partial charge < -0.3 is 0 Å². The van der Waals surface area contributed by atoms with Gasteiger partial charge in [0.15, 0.2) is 0 Å². The van der Waals surface area contributed by atoms with Gasteiger partial charge in [0.05, 0.1) is 17.9 Å². The van der Waals surface area contributed by atoms with Gasteiger partial charge in [0.25, 0.3) is 0 Å². The normalized spacial score (nSPS) is 33.8. The van der Waals surface area contributed by atoms with Crippen LogP contribution in [0.5, 0.6) is 0 Å². The lowest BCUT2D eigenvalue weighted by molar-refractivity contribution is -0.156. The summed E-state index contributed by atoms with van der Waals surface area (Å²) in [4.78, 5) is 0. The fourth-order valence-electron chi connectivity index (χ4n) is 2.35. The van der Waals surface area contributed by atoms with E-state index in [0.29, 0.717) is 12.8 Å². The van der Waals surface area contributed by atoms with Crippen molar-refractivity contribution in [2.75, 3.05) is 0 Å². The molecule has 1 saturated carbocycles. The summed E-state index contributed by atoms with van der Waals surface area (Å²) in [6.07, 6.45) is -2.68. The molecule has 1 nitrogen and oxygen atoms in total. The number of nitriles is 1. The quantitative estimate of drug-likeness (QED) is 0.640. The lowest BCUT2D eigenvalue weighted by Gasteiger charge is -2.34. The Balaban J connectivity index is 2.72. The maximum Gasteiger partial charge on any atom is 0.390 e. The summed E-state index contributed by atoms with van der Waals surface area (Å²) < 4.78 is 36.7. The van der Waals surface area contributed by atoms with Gasteiger partial charge in [-0.25, -0.2) is 0 Å². The second-order valence-corrected chi connectivity index (χ2v) is 4.39. The third-order valence-electron chi connectivity index (χ3n) is 2.87. The molecule has 0 aromatic rings. The van der Waals surface area contributed by atoms with Crippen LogP contribution in [-0.2, 0) is 0 Å². The first-order chi connectivity index (χ1) is 6.37. The Hall–Kier alpha value is -0.720. The minimum Gasteiger partial charge on any atom is -0.198 e. The predicted octanol–water partition coefficient (Wildman–Crippen LogP) is 3.66. The zero-order valence-corrected chi connectivity index (χ0v) is 8.19. The standard InChI is InChI=1S/C10H14F3N/c1-8-3-2-4-9(5-8,7-14)6-10(11,12)13/h8H,2-6H2,1H3. The SMILES string of the molecule is CC1CCCC(C#N)(CC(F)(F)F)C1.